The van der Waals surface area contributed by atoms with E-state index in [1.807, 2.05) is 12.3 Å². The van der Waals surface area contributed by atoms with Gasteiger partial charge in [0.2, 0.25) is 0 Å². The highest BCUT2D eigenvalue weighted by atomic mass is 15.3. The number of pyridine rings is 1. The van der Waals surface area contributed by atoms with E-state index in [0.29, 0.717) is 0 Å². The molecule has 2 fully saturated rings. The molecule has 4 heteroatoms. The molecule has 92 valence electrons. The van der Waals surface area contributed by atoms with Crippen molar-refractivity contribution >= 4 is 5.82 Å². The second kappa shape index (κ2) is 4.63. The van der Waals surface area contributed by atoms with Gasteiger partial charge in [-0.3, -0.25) is 4.90 Å². The van der Waals surface area contributed by atoms with Crippen molar-refractivity contribution in [2.24, 2.45) is 0 Å². The Kier molecular flexibility index (Phi) is 2.99. The zero-order chi connectivity index (χ0) is 11.7. The average molecular weight is 232 g/mol. The second-order valence-corrected chi connectivity index (χ2v) is 4.98. The lowest BCUT2D eigenvalue weighted by Gasteiger charge is -2.43. The first-order valence-electron chi connectivity index (χ1n) is 6.46. The standard InChI is InChI=1S/C13H20N4/c1-11-3-2-4-15-13(11)17-7-5-16(6-8-17)12-9-14-10-12/h2-4,12,14H,5-10H2,1H3. The Morgan fingerprint density at radius 3 is 2.59 bits per heavy atom. The van der Waals surface area contributed by atoms with E-state index >= 15 is 0 Å². The zero-order valence-corrected chi connectivity index (χ0v) is 10.4. The molecule has 17 heavy (non-hydrogen) atoms. The molecule has 2 aliphatic rings. The van der Waals surface area contributed by atoms with Crippen molar-refractivity contribution in [2.75, 3.05) is 44.2 Å². The fourth-order valence-corrected chi connectivity index (χ4v) is 2.64. The summed E-state index contributed by atoms with van der Waals surface area (Å²) >= 11 is 0. The Balaban J connectivity index is 1.63. The molecule has 3 rings (SSSR count). The molecular weight excluding hydrogens is 212 g/mol. The third-order valence-corrected chi connectivity index (χ3v) is 3.87. The van der Waals surface area contributed by atoms with Gasteiger partial charge in [0, 0.05) is 51.5 Å². The number of piperazine rings is 1. The first-order valence-corrected chi connectivity index (χ1v) is 6.46. The van der Waals surface area contributed by atoms with Crippen molar-refractivity contribution in [1.29, 1.82) is 0 Å². The van der Waals surface area contributed by atoms with E-state index in [0.717, 1.165) is 19.1 Å². The van der Waals surface area contributed by atoms with Gasteiger partial charge in [0.25, 0.3) is 0 Å². The Morgan fingerprint density at radius 2 is 2.00 bits per heavy atom. The first kappa shape index (κ1) is 11.0. The summed E-state index contributed by atoms with van der Waals surface area (Å²) in [5.74, 6) is 1.17. The van der Waals surface area contributed by atoms with Gasteiger partial charge in [-0.1, -0.05) is 6.07 Å². The molecule has 1 aromatic heterocycles. The van der Waals surface area contributed by atoms with Crippen LogP contribution in [0.5, 0.6) is 0 Å². The molecule has 0 aromatic carbocycles. The largest absolute Gasteiger partial charge is 0.354 e. The Labute approximate surface area is 103 Å². The maximum absolute atomic E-state index is 4.50. The van der Waals surface area contributed by atoms with E-state index < -0.39 is 0 Å². The molecule has 0 bridgehead atoms. The van der Waals surface area contributed by atoms with Gasteiger partial charge in [-0.15, -0.1) is 0 Å². The van der Waals surface area contributed by atoms with Crippen LogP contribution in [-0.2, 0) is 0 Å². The van der Waals surface area contributed by atoms with Crippen molar-refractivity contribution in [2.45, 2.75) is 13.0 Å². The average Bonchev–Trinajstić information content (AvgIpc) is 2.29. The predicted octanol–water partition coefficient (Wildman–Crippen LogP) is 0.484. The number of rotatable bonds is 2. The van der Waals surface area contributed by atoms with Crippen LogP contribution < -0.4 is 10.2 Å². The smallest absolute Gasteiger partial charge is 0.131 e. The summed E-state index contributed by atoms with van der Waals surface area (Å²) in [4.78, 5) is 9.52. The maximum atomic E-state index is 4.50. The van der Waals surface area contributed by atoms with Crippen LogP contribution in [0.25, 0.3) is 0 Å². The Bertz CT molecular complexity index is 381. The molecule has 0 spiro atoms. The molecule has 4 nitrogen and oxygen atoms in total. The van der Waals surface area contributed by atoms with Gasteiger partial charge in [-0.05, 0) is 18.6 Å². The topological polar surface area (TPSA) is 31.4 Å². The van der Waals surface area contributed by atoms with Crippen LogP contribution in [0.15, 0.2) is 18.3 Å². The van der Waals surface area contributed by atoms with Crippen LogP contribution in [0.4, 0.5) is 5.82 Å². The summed E-state index contributed by atoms with van der Waals surface area (Å²) in [5, 5.41) is 3.34. The summed E-state index contributed by atoms with van der Waals surface area (Å²) in [6.45, 7) is 9.03. The minimum Gasteiger partial charge on any atom is -0.354 e. The number of aromatic nitrogens is 1. The van der Waals surface area contributed by atoms with Crippen LogP contribution in [-0.4, -0.2) is 55.2 Å². The summed E-state index contributed by atoms with van der Waals surface area (Å²) in [7, 11) is 0. The van der Waals surface area contributed by atoms with Gasteiger partial charge < -0.3 is 10.2 Å². The zero-order valence-electron chi connectivity index (χ0n) is 10.4. The normalized spacial score (nSPS) is 22.5. The molecular formula is C13H20N4. The minimum atomic E-state index is 0.780. The molecule has 3 heterocycles. The molecule has 1 N–H and O–H groups in total. The molecule has 1 aromatic rings. The summed E-state index contributed by atoms with van der Waals surface area (Å²) in [6, 6.07) is 4.93. The molecule has 0 radical (unpaired) electrons. The van der Waals surface area contributed by atoms with Crippen LogP contribution in [0.1, 0.15) is 5.56 Å². The molecule has 0 atom stereocenters. The van der Waals surface area contributed by atoms with Crippen LogP contribution in [0, 0.1) is 6.92 Å². The van der Waals surface area contributed by atoms with Gasteiger partial charge in [0.15, 0.2) is 0 Å². The van der Waals surface area contributed by atoms with Gasteiger partial charge >= 0.3 is 0 Å². The molecule has 0 aliphatic carbocycles. The number of aryl methyl sites for hydroxylation is 1. The van der Waals surface area contributed by atoms with Crippen molar-refractivity contribution in [3.05, 3.63) is 23.9 Å². The van der Waals surface area contributed by atoms with Crippen molar-refractivity contribution in [3.63, 3.8) is 0 Å². The van der Waals surface area contributed by atoms with E-state index in [1.54, 1.807) is 0 Å². The van der Waals surface area contributed by atoms with Gasteiger partial charge in [0.1, 0.15) is 5.82 Å². The second-order valence-electron chi connectivity index (χ2n) is 4.98. The quantitative estimate of drug-likeness (QED) is 0.804. The Hall–Kier alpha value is -1.13. The highest BCUT2D eigenvalue weighted by molar-refractivity contribution is 5.46. The fourth-order valence-electron chi connectivity index (χ4n) is 2.64. The molecule has 2 aliphatic heterocycles. The van der Waals surface area contributed by atoms with Crippen molar-refractivity contribution < 1.29 is 0 Å². The fraction of sp³-hybridized carbons (Fsp3) is 0.615. The van der Waals surface area contributed by atoms with Crippen LogP contribution in [0.2, 0.25) is 0 Å². The highest BCUT2D eigenvalue weighted by Gasteiger charge is 2.28. The van der Waals surface area contributed by atoms with E-state index in [-0.39, 0.29) is 0 Å². The van der Waals surface area contributed by atoms with Crippen LogP contribution >= 0.6 is 0 Å². The van der Waals surface area contributed by atoms with Crippen molar-refractivity contribution in [1.82, 2.24) is 15.2 Å². The summed E-state index contributed by atoms with van der Waals surface area (Å²) < 4.78 is 0. The van der Waals surface area contributed by atoms with E-state index in [4.69, 9.17) is 0 Å². The highest BCUT2D eigenvalue weighted by Crippen LogP contribution is 2.19. The predicted molar refractivity (Wildman–Crippen MR) is 69.4 cm³/mol. The molecule has 2 saturated heterocycles. The molecule has 0 saturated carbocycles. The first-order chi connectivity index (χ1) is 8.34. The van der Waals surface area contributed by atoms with E-state index in [1.165, 1.54) is 37.6 Å². The lowest BCUT2D eigenvalue weighted by atomic mass is 10.1. The SMILES string of the molecule is Cc1cccnc1N1CCN(C2CNC2)CC1. The van der Waals surface area contributed by atoms with Crippen molar-refractivity contribution in [3.8, 4) is 0 Å². The number of nitrogens with one attached hydrogen (secondary N) is 1. The summed E-state index contributed by atoms with van der Waals surface area (Å²) in [5.41, 5.74) is 1.28. The number of hydrogen-bond donors (Lipinski definition) is 1. The molecule has 0 unspecified atom stereocenters. The number of anilines is 1. The third-order valence-electron chi connectivity index (χ3n) is 3.87. The van der Waals surface area contributed by atoms with Gasteiger partial charge in [0.05, 0.1) is 0 Å². The monoisotopic (exact) mass is 232 g/mol. The molecule has 0 amide bonds. The Morgan fingerprint density at radius 1 is 1.24 bits per heavy atom. The summed E-state index contributed by atoms with van der Waals surface area (Å²) in [6.07, 6.45) is 1.89. The van der Waals surface area contributed by atoms with Gasteiger partial charge in [-0.25, -0.2) is 4.98 Å². The van der Waals surface area contributed by atoms with Gasteiger partial charge in [-0.2, -0.15) is 0 Å². The lowest BCUT2D eigenvalue weighted by Crippen LogP contribution is -2.61. The maximum Gasteiger partial charge on any atom is 0.131 e. The van der Waals surface area contributed by atoms with E-state index in [2.05, 4.69) is 33.1 Å². The minimum absolute atomic E-state index is 0.780. The number of hydrogen-bond acceptors (Lipinski definition) is 4. The third kappa shape index (κ3) is 2.15. The lowest BCUT2D eigenvalue weighted by molar-refractivity contribution is 0.137. The number of nitrogens with zero attached hydrogens (tertiary/aromatic N) is 3. The van der Waals surface area contributed by atoms with E-state index in [9.17, 15) is 0 Å². The van der Waals surface area contributed by atoms with Crippen LogP contribution in [0.3, 0.4) is 0 Å².